The molecule has 1 amide bonds. The zero-order valence-electron chi connectivity index (χ0n) is 13.6. The van der Waals surface area contributed by atoms with Gasteiger partial charge >= 0.3 is 0 Å². The lowest BCUT2D eigenvalue weighted by molar-refractivity contribution is 0.0700. The molecule has 1 aliphatic rings. The lowest BCUT2D eigenvalue weighted by Crippen LogP contribution is -2.30. The molecule has 0 radical (unpaired) electrons. The number of H-pyrrole nitrogens is 1. The summed E-state index contributed by atoms with van der Waals surface area (Å²) >= 11 is 0. The largest absolute Gasteiger partial charge is 0.459 e. The molecule has 0 bridgehead atoms. The number of nitrogens with one attached hydrogen (secondary N) is 1. The first-order valence-corrected chi connectivity index (χ1v) is 7.99. The van der Waals surface area contributed by atoms with Gasteiger partial charge in [0.25, 0.3) is 11.5 Å². The van der Waals surface area contributed by atoms with E-state index in [0.29, 0.717) is 23.5 Å². The predicted molar refractivity (Wildman–Crippen MR) is 87.0 cm³/mol. The van der Waals surface area contributed by atoms with Gasteiger partial charge in [0.15, 0.2) is 11.4 Å². The number of likely N-dealkylation sites (tertiary alicyclic amines) is 1. The van der Waals surface area contributed by atoms with Crippen LogP contribution in [0.15, 0.2) is 33.7 Å². The average molecular weight is 326 g/mol. The zero-order valence-corrected chi connectivity index (χ0v) is 13.6. The van der Waals surface area contributed by atoms with Gasteiger partial charge < -0.3 is 9.32 Å². The van der Waals surface area contributed by atoms with Crippen LogP contribution < -0.4 is 5.56 Å². The first-order valence-electron chi connectivity index (χ1n) is 7.99. The number of carbonyl (C=O) groups excluding carboxylic acids is 1. The minimum absolute atomic E-state index is 0.106. The van der Waals surface area contributed by atoms with E-state index >= 15 is 0 Å². The smallest absolute Gasteiger partial charge is 0.290 e. The number of fused-ring (bicyclic) bond motifs is 1. The van der Waals surface area contributed by atoms with Gasteiger partial charge in [0, 0.05) is 23.9 Å². The Morgan fingerprint density at radius 2 is 2.25 bits per heavy atom. The Balaban J connectivity index is 1.75. The minimum atomic E-state index is -0.131. The summed E-state index contributed by atoms with van der Waals surface area (Å²) < 4.78 is 6.68. The average Bonchev–Trinajstić information content (AvgIpc) is 3.30. The van der Waals surface area contributed by atoms with E-state index in [1.807, 2.05) is 13.0 Å². The molecule has 0 aliphatic carbocycles. The van der Waals surface area contributed by atoms with E-state index in [-0.39, 0.29) is 17.5 Å². The van der Waals surface area contributed by atoms with Gasteiger partial charge in [-0.25, -0.2) is 9.50 Å². The molecule has 1 atom stereocenters. The highest BCUT2D eigenvalue weighted by Gasteiger charge is 2.33. The Bertz CT molecular complexity index is 968. The van der Waals surface area contributed by atoms with Gasteiger partial charge in [-0.1, -0.05) is 0 Å². The van der Waals surface area contributed by atoms with Crippen molar-refractivity contribution in [2.45, 2.75) is 32.7 Å². The van der Waals surface area contributed by atoms with Gasteiger partial charge in [-0.3, -0.25) is 14.7 Å². The molecule has 4 heterocycles. The van der Waals surface area contributed by atoms with Crippen molar-refractivity contribution in [3.05, 3.63) is 57.5 Å². The molecule has 124 valence electrons. The van der Waals surface area contributed by atoms with Crippen LogP contribution in [-0.2, 0) is 0 Å². The minimum Gasteiger partial charge on any atom is -0.459 e. The molecule has 1 saturated heterocycles. The third kappa shape index (κ3) is 2.16. The summed E-state index contributed by atoms with van der Waals surface area (Å²) in [5.74, 6) is 0.203. The number of rotatable bonds is 2. The van der Waals surface area contributed by atoms with Crippen molar-refractivity contribution in [1.29, 1.82) is 0 Å². The van der Waals surface area contributed by atoms with Crippen molar-refractivity contribution < 1.29 is 9.21 Å². The van der Waals surface area contributed by atoms with Gasteiger partial charge in [0.2, 0.25) is 0 Å². The summed E-state index contributed by atoms with van der Waals surface area (Å²) in [5, 5.41) is 3.12. The van der Waals surface area contributed by atoms with Crippen LogP contribution in [0.3, 0.4) is 0 Å². The van der Waals surface area contributed by atoms with E-state index in [0.717, 1.165) is 24.2 Å². The second-order valence-electron chi connectivity index (χ2n) is 6.17. The van der Waals surface area contributed by atoms with Crippen LogP contribution in [0.1, 0.15) is 46.4 Å². The molecule has 0 aromatic carbocycles. The molecule has 4 rings (SSSR count). The molecule has 0 saturated carbocycles. The van der Waals surface area contributed by atoms with Crippen molar-refractivity contribution in [2.24, 2.45) is 0 Å². The first kappa shape index (κ1) is 14.7. The Morgan fingerprint density at radius 3 is 3.00 bits per heavy atom. The predicted octanol–water partition coefficient (Wildman–Crippen LogP) is 2.21. The molecule has 7 heteroatoms. The van der Waals surface area contributed by atoms with Gasteiger partial charge in [-0.15, -0.1) is 0 Å². The summed E-state index contributed by atoms with van der Waals surface area (Å²) in [5.41, 5.74) is 2.64. The second-order valence-corrected chi connectivity index (χ2v) is 6.17. The Morgan fingerprint density at radius 1 is 1.42 bits per heavy atom. The monoisotopic (exact) mass is 326 g/mol. The number of furan rings is 1. The molecular formula is C17H18N4O3. The second kappa shape index (κ2) is 5.36. The fourth-order valence-electron chi connectivity index (χ4n) is 3.28. The molecule has 24 heavy (non-hydrogen) atoms. The summed E-state index contributed by atoms with van der Waals surface area (Å²) in [4.78, 5) is 31.2. The standard InChI is InChI=1S/C17H18N4O3/c1-10-11(2)18-15-9-12(19-21(15)16(10)22)13-5-3-7-20(13)17(23)14-6-4-8-24-14/h4,6,8-9,13,19H,3,5,7H2,1-2H3/t13-/m1/s1. The van der Waals surface area contributed by atoms with Crippen LogP contribution in [0.5, 0.6) is 0 Å². The Labute approximate surface area is 137 Å². The number of carbonyl (C=O) groups is 1. The van der Waals surface area contributed by atoms with Crippen molar-refractivity contribution in [3.63, 3.8) is 0 Å². The number of aromatic nitrogens is 3. The number of hydrogen-bond donors (Lipinski definition) is 1. The normalized spacial score (nSPS) is 17.8. The molecule has 1 fully saturated rings. The van der Waals surface area contributed by atoms with E-state index in [2.05, 4.69) is 10.1 Å². The maximum atomic E-state index is 12.6. The third-order valence-corrected chi connectivity index (χ3v) is 4.71. The summed E-state index contributed by atoms with van der Waals surface area (Å²) in [6.45, 7) is 4.26. The lowest BCUT2D eigenvalue weighted by Gasteiger charge is -2.22. The fourth-order valence-corrected chi connectivity index (χ4v) is 3.28. The van der Waals surface area contributed by atoms with Crippen molar-refractivity contribution in [2.75, 3.05) is 6.54 Å². The molecule has 1 N–H and O–H groups in total. The molecule has 3 aromatic rings. The molecule has 0 unspecified atom stereocenters. The summed E-state index contributed by atoms with van der Waals surface area (Å²) in [6.07, 6.45) is 3.25. The highest BCUT2D eigenvalue weighted by Crippen LogP contribution is 2.32. The lowest BCUT2D eigenvalue weighted by atomic mass is 10.1. The maximum Gasteiger partial charge on any atom is 0.290 e. The van der Waals surface area contributed by atoms with Crippen LogP contribution in [0.2, 0.25) is 0 Å². The van der Waals surface area contributed by atoms with Crippen LogP contribution in [-0.4, -0.2) is 31.9 Å². The van der Waals surface area contributed by atoms with Crippen LogP contribution in [0.4, 0.5) is 0 Å². The van der Waals surface area contributed by atoms with E-state index in [1.165, 1.54) is 10.8 Å². The van der Waals surface area contributed by atoms with Crippen LogP contribution in [0.25, 0.3) is 5.65 Å². The van der Waals surface area contributed by atoms with Crippen molar-refractivity contribution >= 4 is 11.6 Å². The first-order chi connectivity index (χ1) is 11.6. The van der Waals surface area contributed by atoms with Gasteiger partial charge in [-0.05, 0) is 38.8 Å². The maximum absolute atomic E-state index is 12.6. The third-order valence-electron chi connectivity index (χ3n) is 4.71. The number of nitrogens with zero attached hydrogens (tertiary/aromatic N) is 3. The van der Waals surface area contributed by atoms with Crippen molar-refractivity contribution in [1.82, 2.24) is 19.5 Å². The highest BCUT2D eigenvalue weighted by molar-refractivity contribution is 5.91. The van der Waals surface area contributed by atoms with Gasteiger partial charge in [0.05, 0.1) is 18.0 Å². The fraction of sp³-hybridized carbons (Fsp3) is 0.353. The quantitative estimate of drug-likeness (QED) is 0.782. The Hall–Kier alpha value is -2.83. The van der Waals surface area contributed by atoms with Gasteiger partial charge in [0.1, 0.15) is 0 Å². The van der Waals surface area contributed by atoms with Crippen molar-refractivity contribution in [3.8, 4) is 0 Å². The molecule has 7 nitrogen and oxygen atoms in total. The summed E-state index contributed by atoms with van der Waals surface area (Å²) in [6, 6.07) is 5.12. The van der Waals surface area contributed by atoms with Gasteiger partial charge in [-0.2, -0.15) is 0 Å². The SMILES string of the molecule is Cc1nc2cc([C@H]3CCCN3C(=O)c3ccco3)[nH]n2c(=O)c1C. The van der Waals surface area contributed by atoms with Crippen LogP contribution >= 0.6 is 0 Å². The topological polar surface area (TPSA) is 83.6 Å². The number of hydrogen-bond acceptors (Lipinski definition) is 4. The Kier molecular flexibility index (Phi) is 3.30. The van der Waals surface area contributed by atoms with E-state index in [4.69, 9.17) is 4.42 Å². The van der Waals surface area contributed by atoms with Crippen LogP contribution in [0, 0.1) is 13.8 Å². The highest BCUT2D eigenvalue weighted by atomic mass is 16.3. The molecule has 3 aromatic heterocycles. The number of amides is 1. The summed E-state index contributed by atoms with van der Waals surface area (Å²) in [7, 11) is 0. The molecule has 0 spiro atoms. The number of aromatic amines is 1. The van der Waals surface area contributed by atoms with E-state index in [1.54, 1.807) is 24.0 Å². The van der Waals surface area contributed by atoms with E-state index in [9.17, 15) is 9.59 Å². The molecule has 1 aliphatic heterocycles. The van der Waals surface area contributed by atoms with E-state index < -0.39 is 0 Å². The molecular weight excluding hydrogens is 308 g/mol. The zero-order chi connectivity index (χ0) is 16.8. The number of aryl methyl sites for hydroxylation is 1.